The fraction of sp³-hybridized carbons (Fsp3) is 0.765. The van der Waals surface area contributed by atoms with Crippen LogP contribution in [0.2, 0.25) is 0 Å². The van der Waals surface area contributed by atoms with Gasteiger partial charge in [0.2, 0.25) is 5.78 Å². The Bertz CT molecular complexity index is 303. The summed E-state index contributed by atoms with van der Waals surface area (Å²) in [6.45, 7) is 7.86. The summed E-state index contributed by atoms with van der Waals surface area (Å²) in [5.41, 5.74) is 0. The predicted molar refractivity (Wildman–Crippen MR) is 82.5 cm³/mol. The largest absolute Gasteiger partial charge is 0.457 e. The van der Waals surface area contributed by atoms with Gasteiger partial charge in [-0.25, -0.2) is 4.79 Å². The maximum atomic E-state index is 11.9. The minimum Gasteiger partial charge on any atom is -0.457 e. The van der Waals surface area contributed by atoms with Crippen molar-refractivity contribution >= 4 is 11.8 Å². The average Bonchev–Trinajstić information content (AvgIpc) is 2.46. The zero-order valence-corrected chi connectivity index (χ0v) is 13.5. The van der Waals surface area contributed by atoms with Gasteiger partial charge < -0.3 is 4.74 Å². The number of hydrogen-bond acceptors (Lipinski definition) is 3. The van der Waals surface area contributed by atoms with Gasteiger partial charge in [0.05, 0.1) is 0 Å². The highest BCUT2D eigenvalue weighted by molar-refractivity contribution is 6.34. The van der Waals surface area contributed by atoms with Crippen molar-refractivity contribution in [1.29, 1.82) is 0 Å². The van der Waals surface area contributed by atoms with E-state index in [1.165, 1.54) is 0 Å². The Kier molecular flexibility index (Phi) is 11.0. The molecule has 0 N–H and O–H groups in total. The van der Waals surface area contributed by atoms with E-state index in [1.54, 1.807) is 0 Å². The average molecular weight is 282 g/mol. The number of Topliss-reactive ketones (excluding diaryl/α,β-unsaturated/α-hetero) is 1. The smallest absolute Gasteiger partial charge is 0.375 e. The SMILES string of the molecule is CC=CCCCCC(CC)OC(=O)C(=O)C(CC)CC. The first kappa shape index (κ1) is 18.9. The van der Waals surface area contributed by atoms with Gasteiger partial charge in [0.15, 0.2) is 0 Å². The van der Waals surface area contributed by atoms with Gasteiger partial charge in [-0.15, -0.1) is 0 Å². The van der Waals surface area contributed by atoms with Gasteiger partial charge in [0, 0.05) is 5.92 Å². The summed E-state index contributed by atoms with van der Waals surface area (Å²) in [7, 11) is 0. The van der Waals surface area contributed by atoms with Crippen LogP contribution in [-0.4, -0.2) is 17.9 Å². The lowest BCUT2D eigenvalue weighted by atomic mass is 9.98. The summed E-state index contributed by atoms with van der Waals surface area (Å²) in [4.78, 5) is 23.7. The maximum Gasteiger partial charge on any atom is 0.375 e. The standard InChI is InChI=1S/C17H30O3/c1-5-9-10-11-12-13-15(8-4)20-17(19)16(18)14(6-2)7-3/h5,9,14-15H,6-8,10-13H2,1-4H3. The molecule has 0 aromatic rings. The van der Waals surface area contributed by atoms with Crippen LogP contribution in [0.3, 0.4) is 0 Å². The number of carbonyl (C=O) groups is 2. The van der Waals surface area contributed by atoms with Crippen LogP contribution < -0.4 is 0 Å². The Morgan fingerprint density at radius 3 is 2.20 bits per heavy atom. The van der Waals surface area contributed by atoms with E-state index in [0.29, 0.717) is 12.8 Å². The van der Waals surface area contributed by atoms with Crippen LogP contribution in [0.1, 0.15) is 72.6 Å². The van der Waals surface area contributed by atoms with Crippen LogP contribution in [-0.2, 0) is 14.3 Å². The summed E-state index contributed by atoms with van der Waals surface area (Å²) < 4.78 is 5.35. The highest BCUT2D eigenvalue weighted by atomic mass is 16.5. The fourth-order valence-corrected chi connectivity index (χ4v) is 2.18. The first-order chi connectivity index (χ1) is 9.60. The molecule has 0 radical (unpaired) electrons. The van der Waals surface area contributed by atoms with Crippen molar-refractivity contribution in [2.75, 3.05) is 0 Å². The molecule has 0 rings (SSSR count). The first-order valence-corrected chi connectivity index (χ1v) is 7.96. The van der Waals surface area contributed by atoms with Gasteiger partial charge in [0.1, 0.15) is 6.10 Å². The van der Waals surface area contributed by atoms with E-state index in [0.717, 1.165) is 32.1 Å². The van der Waals surface area contributed by atoms with E-state index < -0.39 is 5.97 Å². The third-order valence-electron chi connectivity index (χ3n) is 3.67. The number of allylic oxidation sites excluding steroid dienone is 2. The second-order valence-corrected chi connectivity index (χ2v) is 5.17. The summed E-state index contributed by atoms with van der Waals surface area (Å²) in [6.07, 6.45) is 10.3. The third-order valence-corrected chi connectivity index (χ3v) is 3.67. The molecule has 116 valence electrons. The first-order valence-electron chi connectivity index (χ1n) is 7.96. The lowest BCUT2D eigenvalue weighted by molar-refractivity contribution is -0.160. The van der Waals surface area contributed by atoms with E-state index in [-0.39, 0.29) is 17.8 Å². The molecule has 0 aromatic heterocycles. The number of rotatable bonds is 11. The van der Waals surface area contributed by atoms with Gasteiger partial charge in [-0.05, 0) is 51.9 Å². The third kappa shape index (κ3) is 7.46. The molecule has 0 aliphatic carbocycles. The number of carbonyl (C=O) groups excluding carboxylic acids is 2. The van der Waals surface area contributed by atoms with Crippen molar-refractivity contribution < 1.29 is 14.3 Å². The van der Waals surface area contributed by atoms with E-state index in [1.807, 2.05) is 33.8 Å². The van der Waals surface area contributed by atoms with Crippen LogP contribution in [0.5, 0.6) is 0 Å². The number of esters is 1. The van der Waals surface area contributed by atoms with Gasteiger partial charge in [-0.1, -0.05) is 32.9 Å². The molecule has 0 bridgehead atoms. The van der Waals surface area contributed by atoms with E-state index >= 15 is 0 Å². The summed E-state index contributed by atoms with van der Waals surface area (Å²) in [6, 6.07) is 0. The Morgan fingerprint density at radius 2 is 1.70 bits per heavy atom. The van der Waals surface area contributed by atoms with Gasteiger partial charge >= 0.3 is 5.97 Å². The molecule has 0 aliphatic rings. The van der Waals surface area contributed by atoms with Crippen LogP contribution in [0.4, 0.5) is 0 Å². The van der Waals surface area contributed by atoms with Crippen LogP contribution >= 0.6 is 0 Å². The minimum atomic E-state index is -0.640. The Morgan fingerprint density at radius 1 is 1.05 bits per heavy atom. The summed E-state index contributed by atoms with van der Waals surface area (Å²) >= 11 is 0. The minimum absolute atomic E-state index is 0.119. The topological polar surface area (TPSA) is 43.4 Å². The van der Waals surface area contributed by atoms with Crippen LogP contribution in [0.25, 0.3) is 0 Å². The molecule has 20 heavy (non-hydrogen) atoms. The monoisotopic (exact) mass is 282 g/mol. The molecule has 0 saturated carbocycles. The fourth-order valence-electron chi connectivity index (χ4n) is 2.18. The summed E-state index contributed by atoms with van der Waals surface area (Å²) in [5.74, 6) is -1.18. The van der Waals surface area contributed by atoms with Crippen molar-refractivity contribution in [3.05, 3.63) is 12.2 Å². The van der Waals surface area contributed by atoms with E-state index in [4.69, 9.17) is 4.74 Å². The Balaban J connectivity index is 4.14. The van der Waals surface area contributed by atoms with E-state index in [9.17, 15) is 9.59 Å². The normalized spacial score (nSPS) is 12.8. The molecule has 3 heteroatoms. The molecular weight excluding hydrogens is 252 g/mol. The molecule has 0 amide bonds. The van der Waals surface area contributed by atoms with Crippen molar-refractivity contribution in [3.8, 4) is 0 Å². The molecule has 0 fully saturated rings. The van der Waals surface area contributed by atoms with Gasteiger partial charge in [0.25, 0.3) is 0 Å². The van der Waals surface area contributed by atoms with Gasteiger partial charge in [-0.2, -0.15) is 0 Å². The lowest BCUT2D eigenvalue weighted by Gasteiger charge is -2.17. The number of ether oxygens (including phenoxy) is 1. The molecule has 0 heterocycles. The quantitative estimate of drug-likeness (QED) is 0.243. The molecular formula is C17H30O3. The second kappa shape index (κ2) is 11.7. The molecule has 0 spiro atoms. The molecule has 1 unspecified atom stereocenters. The highest BCUT2D eigenvalue weighted by Crippen LogP contribution is 2.14. The van der Waals surface area contributed by atoms with E-state index in [2.05, 4.69) is 6.08 Å². The zero-order chi connectivity index (χ0) is 15.4. The van der Waals surface area contributed by atoms with Crippen molar-refractivity contribution in [1.82, 2.24) is 0 Å². The molecule has 0 aromatic carbocycles. The Hall–Kier alpha value is -1.12. The van der Waals surface area contributed by atoms with Crippen LogP contribution in [0, 0.1) is 5.92 Å². The zero-order valence-electron chi connectivity index (χ0n) is 13.5. The predicted octanol–water partition coefficient (Wildman–Crippen LogP) is 4.45. The molecule has 0 aliphatic heterocycles. The molecule has 0 saturated heterocycles. The van der Waals surface area contributed by atoms with Gasteiger partial charge in [-0.3, -0.25) is 4.79 Å². The number of unbranched alkanes of at least 4 members (excludes halogenated alkanes) is 2. The molecule has 3 nitrogen and oxygen atoms in total. The van der Waals surface area contributed by atoms with Crippen molar-refractivity contribution in [3.63, 3.8) is 0 Å². The maximum absolute atomic E-state index is 11.9. The second-order valence-electron chi connectivity index (χ2n) is 5.17. The number of ketones is 1. The molecule has 1 atom stereocenters. The lowest BCUT2D eigenvalue weighted by Crippen LogP contribution is -2.29. The summed E-state index contributed by atoms with van der Waals surface area (Å²) in [5, 5.41) is 0. The van der Waals surface area contributed by atoms with Crippen LogP contribution in [0.15, 0.2) is 12.2 Å². The van der Waals surface area contributed by atoms with Crippen molar-refractivity contribution in [2.24, 2.45) is 5.92 Å². The number of hydrogen-bond donors (Lipinski definition) is 0. The van der Waals surface area contributed by atoms with Crippen molar-refractivity contribution in [2.45, 2.75) is 78.7 Å². The highest BCUT2D eigenvalue weighted by Gasteiger charge is 2.25. The Labute approximate surface area is 123 Å².